The fourth-order valence-corrected chi connectivity index (χ4v) is 2.50. The van der Waals surface area contributed by atoms with Gasteiger partial charge in [0.15, 0.2) is 18.1 Å². The zero-order chi connectivity index (χ0) is 19.2. The van der Waals surface area contributed by atoms with E-state index in [0.717, 1.165) is 17.7 Å². The van der Waals surface area contributed by atoms with E-state index in [4.69, 9.17) is 14.2 Å². The molecule has 0 spiro atoms. The molecule has 1 amide bonds. The highest BCUT2D eigenvalue weighted by molar-refractivity contribution is 5.91. The number of nitrogens with one attached hydrogen (secondary N) is 1. The Balaban J connectivity index is 1.42. The van der Waals surface area contributed by atoms with E-state index in [1.807, 2.05) is 18.2 Å². The van der Waals surface area contributed by atoms with Crippen LogP contribution < -0.4 is 14.8 Å². The SMILES string of the molecule is O=C(COC(=O)c1ccc(F)cc1F)NCCc1ccc2c(c1)OCCO2. The summed E-state index contributed by atoms with van der Waals surface area (Å²) >= 11 is 0. The highest BCUT2D eigenvalue weighted by atomic mass is 19.1. The number of hydrogen-bond acceptors (Lipinski definition) is 5. The zero-order valence-electron chi connectivity index (χ0n) is 14.3. The molecule has 8 heteroatoms. The van der Waals surface area contributed by atoms with Gasteiger partial charge in [0.05, 0.1) is 5.56 Å². The molecule has 1 N–H and O–H groups in total. The molecule has 27 heavy (non-hydrogen) atoms. The minimum Gasteiger partial charge on any atom is -0.486 e. The molecule has 0 saturated carbocycles. The maximum atomic E-state index is 13.5. The summed E-state index contributed by atoms with van der Waals surface area (Å²) in [6.07, 6.45) is 0.545. The van der Waals surface area contributed by atoms with Crippen LogP contribution in [0.15, 0.2) is 36.4 Å². The van der Waals surface area contributed by atoms with E-state index in [1.165, 1.54) is 0 Å². The second kappa shape index (κ2) is 8.48. The Morgan fingerprint density at radius 1 is 1.04 bits per heavy atom. The topological polar surface area (TPSA) is 73.9 Å². The van der Waals surface area contributed by atoms with Crippen molar-refractivity contribution in [2.24, 2.45) is 0 Å². The van der Waals surface area contributed by atoms with Crippen molar-refractivity contribution < 1.29 is 32.6 Å². The third-order valence-corrected chi connectivity index (χ3v) is 3.83. The number of rotatable bonds is 6. The molecular weight excluding hydrogens is 360 g/mol. The normalized spacial score (nSPS) is 12.4. The number of amides is 1. The molecule has 0 bridgehead atoms. The van der Waals surface area contributed by atoms with E-state index in [1.54, 1.807) is 0 Å². The first kappa shape index (κ1) is 18.6. The van der Waals surface area contributed by atoms with Crippen molar-refractivity contribution >= 4 is 11.9 Å². The molecule has 0 saturated heterocycles. The fourth-order valence-electron chi connectivity index (χ4n) is 2.50. The lowest BCUT2D eigenvalue weighted by molar-refractivity contribution is -0.124. The lowest BCUT2D eigenvalue weighted by Gasteiger charge is -2.18. The number of hydrogen-bond donors (Lipinski definition) is 1. The predicted molar refractivity (Wildman–Crippen MR) is 90.8 cm³/mol. The molecule has 6 nitrogen and oxygen atoms in total. The van der Waals surface area contributed by atoms with E-state index in [0.29, 0.717) is 43.7 Å². The van der Waals surface area contributed by atoms with Crippen LogP contribution in [-0.2, 0) is 16.0 Å². The van der Waals surface area contributed by atoms with E-state index >= 15 is 0 Å². The van der Waals surface area contributed by atoms with Gasteiger partial charge in [0.25, 0.3) is 5.91 Å². The zero-order valence-corrected chi connectivity index (χ0v) is 14.3. The smallest absolute Gasteiger partial charge is 0.341 e. The number of benzene rings is 2. The summed E-state index contributed by atoms with van der Waals surface area (Å²) in [6, 6.07) is 8.00. The van der Waals surface area contributed by atoms with Crippen LogP contribution in [-0.4, -0.2) is 38.2 Å². The van der Waals surface area contributed by atoms with Gasteiger partial charge < -0.3 is 19.5 Å². The first-order chi connectivity index (χ1) is 13.0. The van der Waals surface area contributed by atoms with Crippen molar-refractivity contribution in [3.05, 3.63) is 59.2 Å². The van der Waals surface area contributed by atoms with E-state index in [-0.39, 0.29) is 0 Å². The molecule has 2 aromatic rings. The van der Waals surface area contributed by atoms with Crippen LogP contribution in [0, 0.1) is 11.6 Å². The van der Waals surface area contributed by atoms with Gasteiger partial charge in [-0.15, -0.1) is 0 Å². The molecule has 1 aliphatic rings. The van der Waals surface area contributed by atoms with Crippen molar-refractivity contribution in [1.29, 1.82) is 0 Å². The van der Waals surface area contributed by atoms with Crippen molar-refractivity contribution in [2.75, 3.05) is 26.4 Å². The summed E-state index contributed by atoms with van der Waals surface area (Å²) in [5.41, 5.74) is 0.519. The molecular formula is C19H17F2NO5. The van der Waals surface area contributed by atoms with Crippen molar-refractivity contribution in [1.82, 2.24) is 5.32 Å². The minimum atomic E-state index is -1.04. The van der Waals surface area contributed by atoms with Gasteiger partial charge in [-0.1, -0.05) is 6.07 Å². The predicted octanol–water partition coefficient (Wildman–Crippen LogP) is 2.25. The second-order valence-electron chi connectivity index (χ2n) is 5.78. The highest BCUT2D eigenvalue weighted by Gasteiger charge is 2.16. The van der Waals surface area contributed by atoms with Crippen molar-refractivity contribution in [3.8, 4) is 11.5 Å². The van der Waals surface area contributed by atoms with Crippen LogP contribution in [0.1, 0.15) is 15.9 Å². The molecule has 1 aliphatic heterocycles. The van der Waals surface area contributed by atoms with Gasteiger partial charge in [-0.3, -0.25) is 4.79 Å². The molecule has 1 heterocycles. The standard InChI is InChI=1S/C19H17F2NO5/c20-13-2-3-14(15(21)10-13)19(24)27-11-18(23)22-6-5-12-1-4-16-17(9-12)26-8-7-25-16/h1-4,9-10H,5-8,11H2,(H,22,23). The molecule has 0 unspecified atom stereocenters. The highest BCUT2D eigenvalue weighted by Crippen LogP contribution is 2.30. The molecule has 2 aromatic carbocycles. The summed E-state index contributed by atoms with van der Waals surface area (Å²) in [4.78, 5) is 23.5. The quantitative estimate of drug-likeness (QED) is 0.782. The molecule has 0 atom stereocenters. The molecule has 142 valence electrons. The molecule has 0 aliphatic carbocycles. The average molecular weight is 377 g/mol. The van der Waals surface area contributed by atoms with Crippen LogP contribution in [0.3, 0.4) is 0 Å². The lowest BCUT2D eigenvalue weighted by Crippen LogP contribution is -2.30. The molecule has 0 radical (unpaired) electrons. The Bertz CT molecular complexity index is 856. The van der Waals surface area contributed by atoms with Crippen LogP contribution in [0.2, 0.25) is 0 Å². The van der Waals surface area contributed by atoms with E-state index in [9.17, 15) is 18.4 Å². The number of halogens is 2. The van der Waals surface area contributed by atoms with E-state index < -0.39 is 35.7 Å². The van der Waals surface area contributed by atoms with Crippen LogP contribution in [0.25, 0.3) is 0 Å². The van der Waals surface area contributed by atoms with Crippen molar-refractivity contribution in [2.45, 2.75) is 6.42 Å². The Morgan fingerprint density at radius 2 is 1.81 bits per heavy atom. The Kier molecular flexibility index (Phi) is 5.85. The van der Waals surface area contributed by atoms with Gasteiger partial charge in [-0.05, 0) is 36.2 Å². The third-order valence-electron chi connectivity index (χ3n) is 3.83. The summed E-state index contributed by atoms with van der Waals surface area (Å²) in [5, 5.41) is 2.60. The summed E-state index contributed by atoms with van der Waals surface area (Å²) < 4.78 is 42.0. The molecule has 3 rings (SSSR count). The second-order valence-corrected chi connectivity index (χ2v) is 5.78. The molecule has 0 fully saturated rings. The Morgan fingerprint density at radius 3 is 2.59 bits per heavy atom. The van der Waals surface area contributed by atoms with Crippen LogP contribution in [0.5, 0.6) is 11.5 Å². The maximum absolute atomic E-state index is 13.5. The van der Waals surface area contributed by atoms with Crippen molar-refractivity contribution in [3.63, 3.8) is 0 Å². The van der Waals surface area contributed by atoms with Gasteiger partial charge in [0, 0.05) is 12.6 Å². The van der Waals surface area contributed by atoms with Gasteiger partial charge in [-0.2, -0.15) is 0 Å². The lowest BCUT2D eigenvalue weighted by atomic mass is 10.1. The van der Waals surface area contributed by atoms with E-state index in [2.05, 4.69) is 5.32 Å². The van der Waals surface area contributed by atoms with Gasteiger partial charge >= 0.3 is 5.97 Å². The fraction of sp³-hybridized carbons (Fsp3) is 0.263. The minimum absolute atomic E-state index is 0.320. The monoisotopic (exact) mass is 377 g/mol. The number of carbonyl (C=O) groups excluding carboxylic acids is 2. The van der Waals surface area contributed by atoms with Crippen LogP contribution >= 0.6 is 0 Å². The number of carbonyl (C=O) groups is 2. The number of ether oxygens (including phenoxy) is 3. The number of fused-ring (bicyclic) bond motifs is 1. The third kappa shape index (κ3) is 4.93. The number of esters is 1. The Labute approximate surface area is 154 Å². The largest absolute Gasteiger partial charge is 0.486 e. The van der Waals surface area contributed by atoms with Gasteiger partial charge in [0.1, 0.15) is 24.8 Å². The first-order valence-corrected chi connectivity index (χ1v) is 8.30. The Hall–Kier alpha value is -3.16. The summed E-state index contributed by atoms with van der Waals surface area (Å²) in [5.74, 6) is -2.05. The van der Waals surface area contributed by atoms with Gasteiger partial charge in [0.2, 0.25) is 0 Å². The summed E-state index contributed by atoms with van der Waals surface area (Å²) in [7, 11) is 0. The molecule has 0 aromatic heterocycles. The first-order valence-electron chi connectivity index (χ1n) is 8.30. The van der Waals surface area contributed by atoms with Crippen LogP contribution in [0.4, 0.5) is 8.78 Å². The maximum Gasteiger partial charge on any atom is 0.341 e. The summed E-state index contributed by atoms with van der Waals surface area (Å²) in [6.45, 7) is 0.772. The average Bonchev–Trinajstić information content (AvgIpc) is 2.66. The van der Waals surface area contributed by atoms with Gasteiger partial charge in [-0.25, -0.2) is 13.6 Å².